The molecular weight excluding hydrogens is 479 g/mol. The van der Waals surface area contributed by atoms with Crippen molar-refractivity contribution in [3.63, 3.8) is 0 Å². The maximum Gasteiger partial charge on any atom is 0.242 e. The Balaban J connectivity index is 0.00000420. The van der Waals surface area contributed by atoms with Crippen LogP contribution >= 0.6 is 24.0 Å². The van der Waals surface area contributed by atoms with E-state index >= 15 is 0 Å². The van der Waals surface area contributed by atoms with Crippen molar-refractivity contribution in [2.45, 2.75) is 26.9 Å². The van der Waals surface area contributed by atoms with Crippen LogP contribution in [-0.2, 0) is 17.9 Å². The second kappa shape index (κ2) is 13.8. The monoisotopic (exact) mass is 510 g/mol. The number of para-hydroxylation sites is 1. The van der Waals surface area contributed by atoms with E-state index in [1.807, 2.05) is 73.3 Å². The Labute approximate surface area is 190 Å². The number of nitrogens with zero attached hydrogens (tertiary/aromatic N) is 2. The predicted molar refractivity (Wildman–Crippen MR) is 129 cm³/mol. The molecule has 0 unspecified atom stereocenters. The summed E-state index contributed by atoms with van der Waals surface area (Å²) in [6.45, 7) is 6.62. The molecule has 0 saturated heterocycles. The van der Waals surface area contributed by atoms with Crippen LogP contribution in [0.4, 0.5) is 0 Å². The van der Waals surface area contributed by atoms with Crippen molar-refractivity contribution in [2.24, 2.45) is 4.99 Å². The zero-order chi connectivity index (χ0) is 20.2. The summed E-state index contributed by atoms with van der Waals surface area (Å²) >= 11 is 0. The molecule has 0 heterocycles. The number of guanidine groups is 1. The minimum Gasteiger partial charge on any atom is -0.496 e. The van der Waals surface area contributed by atoms with E-state index < -0.39 is 0 Å². The number of aliphatic imine (C=N–C) groups is 1. The van der Waals surface area contributed by atoms with Crippen molar-refractivity contribution in [1.29, 1.82) is 0 Å². The van der Waals surface area contributed by atoms with E-state index in [0.717, 1.165) is 16.9 Å². The highest BCUT2D eigenvalue weighted by Crippen LogP contribution is 2.17. The van der Waals surface area contributed by atoms with Crippen LogP contribution in [0.1, 0.15) is 25.0 Å². The summed E-state index contributed by atoms with van der Waals surface area (Å²) in [5, 5.41) is 6.32. The first kappa shape index (κ1) is 24.7. The predicted octanol–water partition coefficient (Wildman–Crippen LogP) is 3.42. The van der Waals surface area contributed by atoms with Gasteiger partial charge in [-0.1, -0.05) is 48.5 Å². The highest BCUT2D eigenvalue weighted by atomic mass is 127. The summed E-state index contributed by atoms with van der Waals surface area (Å²) in [6, 6.07) is 17.8. The maximum absolute atomic E-state index is 12.6. The summed E-state index contributed by atoms with van der Waals surface area (Å²) in [5.41, 5.74) is 2.11. The molecule has 2 rings (SSSR count). The first-order valence-corrected chi connectivity index (χ1v) is 9.63. The Bertz CT molecular complexity index is 768. The van der Waals surface area contributed by atoms with Crippen molar-refractivity contribution in [3.8, 4) is 5.75 Å². The fourth-order valence-electron chi connectivity index (χ4n) is 2.79. The maximum atomic E-state index is 12.6. The number of likely N-dealkylation sites (N-methyl/N-ethyl adjacent to an activating group) is 1. The SMILES string of the molecule is CCNC(=NCc1ccccc1OC)NCC(=O)N(CC)Cc1ccccc1.I. The molecular formula is C22H31IN4O2. The van der Waals surface area contributed by atoms with Gasteiger partial charge in [0.05, 0.1) is 20.2 Å². The van der Waals surface area contributed by atoms with E-state index in [4.69, 9.17) is 4.74 Å². The number of carbonyl (C=O) groups is 1. The molecule has 2 aromatic rings. The third kappa shape index (κ3) is 8.31. The molecule has 6 nitrogen and oxygen atoms in total. The van der Waals surface area contributed by atoms with Crippen LogP contribution in [0.3, 0.4) is 0 Å². The Morgan fingerprint density at radius 1 is 1.03 bits per heavy atom. The van der Waals surface area contributed by atoms with Crippen molar-refractivity contribution in [3.05, 3.63) is 65.7 Å². The van der Waals surface area contributed by atoms with Crippen LogP contribution in [0.25, 0.3) is 0 Å². The third-order valence-electron chi connectivity index (χ3n) is 4.30. The van der Waals surface area contributed by atoms with Gasteiger partial charge >= 0.3 is 0 Å². The van der Waals surface area contributed by atoms with Gasteiger partial charge in [0.25, 0.3) is 0 Å². The summed E-state index contributed by atoms with van der Waals surface area (Å²) in [4.78, 5) is 19.0. The van der Waals surface area contributed by atoms with E-state index in [9.17, 15) is 4.79 Å². The van der Waals surface area contributed by atoms with Gasteiger partial charge in [0, 0.05) is 25.2 Å². The summed E-state index contributed by atoms with van der Waals surface area (Å²) in [5.74, 6) is 1.45. The van der Waals surface area contributed by atoms with E-state index in [-0.39, 0.29) is 36.4 Å². The number of amides is 1. The molecule has 0 atom stereocenters. The Kier molecular flexibility index (Phi) is 11.8. The number of carbonyl (C=O) groups excluding carboxylic acids is 1. The van der Waals surface area contributed by atoms with Gasteiger partial charge in [0.2, 0.25) is 5.91 Å². The van der Waals surface area contributed by atoms with Crippen LogP contribution in [-0.4, -0.2) is 43.5 Å². The van der Waals surface area contributed by atoms with E-state index in [0.29, 0.717) is 32.1 Å². The van der Waals surface area contributed by atoms with Crippen LogP contribution in [0.15, 0.2) is 59.6 Å². The van der Waals surface area contributed by atoms with Gasteiger partial charge < -0.3 is 20.3 Å². The van der Waals surface area contributed by atoms with Gasteiger partial charge in [-0.15, -0.1) is 24.0 Å². The van der Waals surface area contributed by atoms with Crippen molar-refractivity contribution in [1.82, 2.24) is 15.5 Å². The minimum absolute atomic E-state index is 0. The van der Waals surface area contributed by atoms with Gasteiger partial charge in [-0.25, -0.2) is 4.99 Å². The standard InChI is InChI=1S/C22H30N4O2.HI/c1-4-23-22(24-15-19-13-9-10-14-20(19)28-3)25-16-21(27)26(5-2)17-18-11-7-6-8-12-18;/h6-14H,4-5,15-17H2,1-3H3,(H2,23,24,25);1H. The lowest BCUT2D eigenvalue weighted by Gasteiger charge is -2.22. The molecule has 0 fully saturated rings. The molecule has 29 heavy (non-hydrogen) atoms. The number of benzene rings is 2. The normalized spacial score (nSPS) is 10.7. The number of nitrogens with one attached hydrogen (secondary N) is 2. The molecule has 0 aliphatic heterocycles. The van der Waals surface area contributed by atoms with E-state index in [1.165, 1.54) is 0 Å². The molecule has 0 aliphatic carbocycles. The fourth-order valence-corrected chi connectivity index (χ4v) is 2.79. The molecule has 0 saturated carbocycles. The molecule has 1 amide bonds. The van der Waals surface area contributed by atoms with Gasteiger partial charge in [0.15, 0.2) is 5.96 Å². The second-order valence-corrected chi connectivity index (χ2v) is 6.25. The second-order valence-electron chi connectivity index (χ2n) is 6.25. The van der Waals surface area contributed by atoms with Crippen LogP contribution in [0.2, 0.25) is 0 Å². The molecule has 0 radical (unpaired) electrons. The topological polar surface area (TPSA) is 66.0 Å². The van der Waals surface area contributed by atoms with Crippen molar-refractivity contribution < 1.29 is 9.53 Å². The lowest BCUT2D eigenvalue weighted by molar-refractivity contribution is -0.130. The van der Waals surface area contributed by atoms with Crippen LogP contribution in [0.5, 0.6) is 5.75 Å². The number of methoxy groups -OCH3 is 1. The fraction of sp³-hybridized carbons (Fsp3) is 0.364. The quantitative estimate of drug-likeness (QED) is 0.308. The zero-order valence-electron chi connectivity index (χ0n) is 17.4. The molecule has 0 spiro atoms. The minimum atomic E-state index is 0. The van der Waals surface area contributed by atoms with Crippen LogP contribution < -0.4 is 15.4 Å². The molecule has 0 bridgehead atoms. The highest BCUT2D eigenvalue weighted by molar-refractivity contribution is 14.0. The van der Waals surface area contributed by atoms with E-state index in [1.54, 1.807) is 7.11 Å². The summed E-state index contributed by atoms with van der Waals surface area (Å²) < 4.78 is 5.37. The number of rotatable bonds is 9. The first-order chi connectivity index (χ1) is 13.7. The molecule has 2 aromatic carbocycles. The third-order valence-corrected chi connectivity index (χ3v) is 4.30. The average molecular weight is 510 g/mol. The average Bonchev–Trinajstić information content (AvgIpc) is 2.74. The molecule has 158 valence electrons. The summed E-state index contributed by atoms with van der Waals surface area (Å²) in [6.07, 6.45) is 0. The van der Waals surface area contributed by atoms with Crippen LogP contribution in [0, 0.1) is 0 Å². The smallest absolute Gasteiger partial charge is 0.242 e. The molecule has 2 N–H and O–H groups in total. The molecule has 7 heteroatoms. The Morgan fingerprint density at radius 2 is 1.72 bits per heavy atom. The lowest BCUT2D eigenvalue weighted by atomic mass is 10.2. The summed E-state index contributed by atoms with van der Waals surface area (Å²) in [7, 11) is 1.65. The van der Waals surface area contributed by atoms with Gasteiger partial charge in [-0.3, -0.25) is 4.79 Å². The first-order valence-electron chi connectivity index (χ1n) is 9.63. The van der Waals surface area contributed by atoms with Gasteiger partial charge in [-0.05, 0) is 25.5 Å². The van der Waals surface area contributed by atoms with Crippen molar-refractivity contribution in [2.75, 3.05) is 26.7 Å². The molecule has 0 aliphatic rings. The number of ether oxygens (including phenoxy) is 1. The van der Waals surface area contributed by atoms with E-state index in [2.05, 4.69) is 15.6 Å². The highest BCUT2D eigenvalue weighted by Gasteiger charge is 2.12. The largest absolute Gasteiger partial charge is 0.496 e. The number of hydrogen-bond donors (Lipinski definition) is 2. The van der Waals surface area contributed by atoms with Gasteiger partial charge in [0.1, 0.15) is 5.75 Å². The Morgan fingerprint density at radius 3 is 2.38 bits per heavy atom. The van der Waals surface area contributed by atoms with Gasteiger partial charge in [-0.2, -0.15) is 0 Å². The number of hydrogen-bond acceptors (Lipinski definition) is 3. The Hall–Kier alpha value is -2.29. The zero-order valence-corrected chi connectivity index (χ0v) is 19.7. The number of halogens is 1. The lowest BCUT2D eigenvalue weighted by Crippen LogP contribution is -2.44. The van der Waals surface area contributed by atoms with Crippen molar-refractivity contribution >= 4 is 35.8 Å². The molecule has 0 aromatic heterocycles.